The molecule has 2 aromatic rings. The number of aliphatic hydroxyl groups is 3. The lowest BCUT2D eigenvalue weighted by Gasteiger charge is -2.38. The van der Waals surface area contributed by atoms with Crippen molar-refractivity contribution in [3.63, 3.8) is 0 Å². The number of ketones is 1. The number of carboxylic acids is 1. The summed E-state index contributed by atoms with van der Waals surface area (Å²) in [6.07, 6.45) is -9.54. The highest BCUT2D eigenvalue weighted by Crippen LogP contribution is 2.42. The zero-order valence-electron chi connectivity index (χ0n) is 16.0. The molecule has 1 fully saturated rings. The van der Waals surface area contributed by atoms with E-state index >= 15 is 0 Å². The summed E-state index contributed by atoms with van der Waals surface area (Å²) >= 11 is 0. The standard InChI is InChI=1S/C21H20O10/c22-11-6-10(29-21-18(26)16(24)17(25)19(31-21)20(27)28)7-14-15(11)12(23)8-13(30-14)9-4-2-1-3-5-9/h1-7,13,16-19,21-22,24-26H,8H2,(H,27,28)/t13-,16-,17-,18+,19-,21+/m0/s1. The molecule has 1 saturated heterocycles. The molecule has 10 nitrogen and oxygen atoms in total. The Hall–Kier alpha value is -3.18. The van der Waals surface area contributed by atoms with E-state index in [0.717, 1.165) is 11.6 Å². The predicted octanol–water partition coefficient (Wildman–Crippen LogP) is 0.370. The van der Waals surface area contributed by atoms with Crippen LogP contribution in [0.3, 0.4) is 0 Å². The summed E-state index contributed by atoms with van der Waals surface area (Å²) in [5, 5.41) is 49.2. The Bertz CT molecular complexity index is 991. The first-order valence-electron chi connectivity index (χ1n) is 9.47. The van der Waals surface area contributed by atoms with Crippen molar-refractivity contribution in [3.05, 3.63) is 53.6 Å². The van der Waals surface area contributed by atoms with Crippen LogP contribution in [-0.4, -0.2) is 68.0 Å². The van der Waals surface area contributed by atoms with E-state index in [1.54, 1.807) is 24.3 Å². The highest BCUT2D eigenvalue weighted by Gasteiger charge is 2.48. The SMILES string of the molecule is O=C1C[C@@H](c2ccccc2)Oc2cc(O[C@@H]3O[C@H](C(=O)O)[C@@H](O)[C@H](O)[C@H]3O)cc(O)c21. The fourth-order valence-corrected chi connectivity index (χ4v) is 3.62. The van der Waals surface area contributed by atoms with Gasteiger partial charge in [0.1, 0.15) is 47.2 Å². The number of fused-ring (bicyclic) bond motifs is 1. The summed E-state index contributed by atoms with van der Waals surface area (Å²) in [5.74, 6) is -2.38. The molecule has 0 aromatic heterocycles. The van der Waals surface area contributed by atoms with E-state index in [0.29, 0.717) is 0 Å². The van der Waals surface area contributed by atoms with Gasteiger partial charge in [0.2, 0.25) is 6.29 Å². The molecular weight excluding hydrogens is 412 g/mol. The van der Waals surface area contributed by atoms with Crippen molar-refractivity contribution in [2.75, 3.05) is 0 Å². The molecule has 0 radical (unpaired) electrons. The Morgan fingerprint density at radius 2 is 1.74 bits per heavy atom. The van der Waals surface area contributed by atoms with E-state index in [4.69, 9.17) is 19.3 Å². The molecule has 31 heavy (non-hydrogen) atoms. The lowest BCUT2D eigenvalue weighted by Crippen LogP contribution is -2.61. The minimum atomic E-state index is -1.86. The fraction of sp³-hybridized carbons (Fsp3) is 0.333. The van der Waals surface area contributed by atoms with Gasteiger partial charge in [0.15, 0.2) is 11.9 Å². The van der Waals surface area contributed by atoms with Gasteiger partial charge in [0.05, 0.1) is 6.42 Å². The van der Waals surface area contributed by atoms with Crippen LogP contribution in [-0.2, 0) is 9.53 Å². The number of phenolic OH excluding ortho intramolecular Hbond substituents is 1. The third-order valence-corrected chi connectivity index (χ3v) is 5.21. The van der Waals surface area contributed by atoms with Gasteiger partial charge in [0.25, 0.3) is 0 Å². The van der Waals surface area contributed by atoms with Crippen LogP contribution in [0, 0.1) is 0 Å². The molecule has 0 spiro atoms. The van der Waals surface area contributed by atoms with Gasteiger partial charge in [-0.15, -0.1) is 0 Å². The number of aliphatic hydroxyl groups excluding tert-OH is 3. The van der Waals surface area contributed by atoms with Gasteiger partial charge in [0, 0.05) is 12.1 Å². The van der Waals surface area contributed by atoms with Gasteiger partial charge in [-0.05, 0) is 5.56 Å². The number of hydrogen-bond donors (Lipinski definition) is 5. The minimum Gasteiger partial charge on any atom is -0.507 e. The smallest absolute Gasteiger partial charge is 0.335 e. The second-order valence-electron chi connectivity index (χ2n) is 7.31. The van der Waals surface area contributed by atoms with Crippen LogP contribution in [0.1, 0.15) is 28.4 Å². The molecule has 2 heterocycles. The van der Waals surface area contributed by atoms with E-state index in [9.17, 15) is 30.0 Å². The van der Waals surface area contributed by atoms with Gasteiger partial charge < -0.3 is 39.7 Å². The van der Waals surface area contributed by atoms with Crippen molar-refractivity contribution in [2.24, 2.45) is 0 Å². The monoisotopic (exact) mass is 432 g/mol. The van der Waals surface area contributed by atoms with Gasteiger partial charge >= 0.3 is 5.97 Å². The highest BCUT2D eigenvalue weighted by molar-refractivity contribution is 6.02. The molecule has 164 valence electrons. The summed E-state index contributed by atoms with van der Waals surface area (Å²) in [5.41, 5.74) is 0.739. The molecule has 2 aliphatic rings. The van der Waals surface area contributed by atoms with Crippen molar-refractivity contribution in [2.45, 2.75) is 43.2 Å². The lowest BCUT2D eigenvalue weighted by atomic mass is 9.95. The number of rotatable bonds is 4. The van der Waals surface area contributed by atoms with Crippen LogP contribution in [0.5, 0.6) is 17.2 Å². The van der Waals surface area contributed by atoms with E-state index in [2.05, 4.69) is 0 Å². The van der Waals surface area contributed by atoms with E-state index in [1.165, 1.54) is 6.07 Å². The van der Waals surface area contributed by atoms with Crippen molar-refractivity contribution >= 4 is 11.8 Å². The number of Topliss-reactive ketones (excluding diaryl/α,β-unsaturated/α-hetero) is 1. The number of benzene rings is 2. The third-order valence-electron chi connectivity index (χ3n) is 5.21. The molecule has 0 amide bonds. The Labute approximate surface area is 175 Å². The van der Waals surface area contributed by atoms with Crippen LogP contribution in [0.4, 0.5) is 0 Å². The van der Waals surface area contributed by atoms with Crippen LogP contribution in [0.15, 0.2) is 42.5 Å². The largest absolute Gasteiger partial charge is 0.507 e. The van der Waals surface area contributed by atoms with Crippen molar-refractivity contribution in [1.82, 2.24) is 0 Å². The molecular formula is C21H20O10. The lowest BCUT2D eigenvalue weighted by molar-refractivity contribution is -0.271. The van der Waals surface area contributed by atoms with Crippen LogP contribution in [0.25, 0.3) is 0 Å². The first-order valence-corrected chi connectivity index (χ1v) is 9.47. The molecule has 0 bridgehead atoms. The normalized spacial score (nSPS) is 30.2. The summed E-state index contributed by atoms with van der Waals surface area (Å²) < 4.78 is 16.4. The molecule has 2 aromatic carbocycles. The molecule has 10 heteroatoms. The van der Waals surface area contributed by atoms with Gasteiger partial charge in [-0.1, -0.05) is 30.3 Å². The average Bonchev–Trinajstić information content (AvgIpc) is 2.74. The zero-order valence-corrected chi connectivity index (χ0v) is 16.0. The van der Waals surface area contributed by atoms with Gasteiger partial charge in [-0.2, -0.15) is 0 Å². The molecule has 2 aliphatic heterocycles. The van der Waals surface area contributed by atoms with Crippen LogP contribution >= 0.6 is 0 Å². The van der Waals surface area contributed by atoms with Gasteiger partial charge in [-0.3, -0.25) is 4.79 Å². The summed E-state index contributed by atoms with van der Waals surface area (Å²) in [6, 6.07) is 11.4. The predicted molar refractivity (Wildman–Crippen MR) is 102 cm³/mol. The molecule has 0 aliphatic carbocycles. The van der Waals surface area contributed by atoms with Crippen molar-refractivity contribution in [3.8, 4) is 17.2 Å². The Morgan fingerprint density at radius 3 is 2.42 bits per heavy atom. The Kier molecular flexibility index (Phi) is 5.54. The second-order valence-corrected chi connectivity index (χ2v) is 7.31. The number of carboxylic acid groups (broad SMARTS) is 1. The maximum atomic E-state index is 12.6. The number of phenols is 1. The Morgan fingerprint density at radius 1 is 1.03 bits per heavy atom. The highest BCUT2D eigenvalue weighted by atomic mass is 16.7. The molecule has 0 saturated carbocycles. The van der Waals surface area contributed by atoms with Gasteiger partial charge in [-0.25, -0.2) is 4.79 Å². The first-order chi connectivity index (χ1) is 14.8. The van der Waals surface area contributed by atoms with E-state index < -0.39 is 48.5 Å². The number of ether oxygens (including phenoxy) is 3. The fourth-order valence-electron chi connectivity index (χ4n) is 3.62. The summed E-state index contributed by atoms with van der Waals surface area (Å²) in [7, 11) is 0. The Balaban J connectivity index is 1.60. The number of carbonyl (C=O) groups is 2. The average molecular weight is 432 g/mol. The molecule has 0 unspecified atom stereocenters. The van der Waals surface area contributed by atoms with Crippen molar-refractivity contribution in [1.29, 1.82) is 0 Å². The number of aromatic hydroxyl groups is 1. The van der Waals surface area contributed by atoms with E-state index in [-0.39, 0.29) is 29.3 Å². The van der Waals surface area contributed by atoms with Crippen molar-refractivity contribution < 1.29 is 49.3 Å². The van der Waals surface area contributed by atoms with Crippen LogP contribution in [0.2, 0.25) is 0 Å². The second kappa shape index (κ2) is 8.16. The maximum absolute atomic E-state index is 12.6. The van der Waals surface area contributed by atoms with E-state index in [1.807, 2.05) is 6.07 Å². The molecule has 6 atom stereocenters. The van der Waals surface area contributed by atoms with Crippen LogP contribution < -0.4 is 9.47 Å². The topological polar surface area (TPSA) is 163 Å². The summed E-state index contributed by atoms with van der Waals surface area (Å²) in [6.45, 7) is 0. The summed E-state index contributed by atoms with van der Waals surface area (Å²) in [4.78, 5) is 23.8. The minimum absolute atomic E-state index is 0.0245. The maximum Gasteiger partial charge on any atom is 0.335 e. The number of carbonyl (C=O) groups excluding carboxylic acids is 1. The quantitative estimate of drug-likeness (QED) is 0.456. The molecule has 5 N–H and O–H groups in total. The third kappa shape index (κ3) is 3.93. The number of hydrogen-bond acceptors (Lipinski definition) is 9. The first kappa shape index (κ1) is 21.1. The zero-order chi connectivity index (χ0) is 22.3. The molecule has 4 rings (SSSR count). The number of aliphatic carboxylic acids is 1.